The Morgan fingerprint density at radius 1 is 0.745 bits per heavy atom. The third kappa shape index (κ3) is 6.57. The summed E-state index contributed by atoms with van der Waals surface area (Å²) in [4.78, 5) is 47.1. The number of rotatable bonds is 4. The van der Waals surface area contributed by atoms with Gasteiger partial charge in [-0.05, 0) is 149 Å². The van der Waals surface area contributed by atoms with E-state index in [1.54, 1.807) is 0 Å². The minimum absolute atomic E-state index is 0.0883. The highest BCUT2D eigenvalue weighted by Crippen LogP contribution is 2.50. The van der Waals surface area contributed by atoms with Crippen LogP contribution in [0.4, 0.5) is 9.59 Å². The summed E-state index contributed by atoms with van der Waals surface area (Å²) in [6.07, 6.45) is 7.33. The maximum Gasteiger partial charge on any atom is 0.411 e. The van der Waals surface area contributed by atoms with Crippen molar-refractivity contribution in [1.29, 1.82) is 0 Å². The smallest absolute Gasteiger partial charge is 0.411 e. The van der Waals surface area contributed by atoms with Crippen LogP contribution in [0.15, 0.2) is 60.8 Å². The Hall–Kier alpha value is -5.12. The van der Waals surface area contributed by atoms with E-state index in [0.29, 0.717) is 12.5 Å². The molecule has 3 fully saturated rings. The van der Waals surface area contributed by atoms with Gasteiger partial charge in [-0.2, -0.15) is 0 Å². The summed E-state index contributed by atoms with van der Waals surface area (Å²) in [6.45, 7) is 14.3. The van der Waals surface area contributed by atoms with E-state index in [-0.39, 0.29) is 36.2 Å². The Morgan fingerprint density at radius 2 is 1.40 bits per heavy atom. The minimum Gasteiger partial charge on any atom is -0.444 e. The van der Waals surface area contributed by atoms with Crippen LogP contribution in [0.3, 0.4) is 0 Å². The molecule has 5 atom stereocenters. The molecule has 286 valence electrons. The Balaban J connectivity index is 0.940. The van der Waals surface area contributed by atoms with E-state index in [1.807, 2.05) is 57.5 Å². The van der Waals surface area contributed by atoms with Crippen LogP contribution in [-0.2, 0) is 22.3 Å². The normalized spacial score (nSPS) is 23.3. The number of hydrogen-bond acceptors (Lipinski definition) is 6. The molecule has 2 aromatic heterocycles. The summed E-state index contributed by atoms with van der Waals surface area (Å²) < 4.78 is 11.6. The molecule has 0 radical (unpaired) electrons. The lowest BCUT2D eigenvalue weighted by Gasteiger charge is -2.35. The molecule has 0 spiro atoms. The number of aryl methyl sites for hydroxylation is 2. The van der Waals surface area contributed by atoms with Crippen molar-refractivity contribution in [2.75, 3.05) is 6.54 Å². The SMILES string of the molecule is CC1CCN(C(=O)OC(C)(C)C)[C@@H]1c1ncc(-c2ccc3c(c2)CCc2cc(-c4ccc5nc([C@@H]6[C@H]7CC[C@H](C7)N6C(=O)OC(C)(C)C)[nH]c5c4)ccc2-3)[nH]1. The van der Waals surface area contributed by atoms with Crippen molar-refractivity contribution >= 4 is 23.2 Å². The highest BCUT2D eigenvalue weighted by molar-refractivity contribution is 5.84. The van der Waals surface area contributed by atoms with Gasteiger partial charge >= 0.3 is 12.2 Å². The van der Waals surface area contributed by atoms with Gasteiger partial charge in [-0.15, -0.1) is 0 Å². The van der Waals surface area contributed by atoms with Crippen molar-refractivity contribution in [2.45, 2.75) is 116 Å². The highest BCUT2D eigenvalue weighted by atomic mass is 16.6. The van der Waals surface area contributed by atoms with Crippen LogP contribution in [0, 0.1) is 11.8 Å². The molecule has 5 aromatic rings. The van der Waals surface area contributed by atoms with Crippen LogP contribution >= 0.6 is 0 Å². The van der Waals surface area contributed by atoms with E-state index in [4.69, 9.17) is 19.4 Å². The molecule has 2 N–H and O–H groups in total. The predicted molar refractivity (Wildman–Crippen MR) is 213 cm³/mol. The van der Waals surface area contributed by atoms with Crippen molar-refractivity contribution in [3.05, 3.63) is 83.6 Å². The number of piperidine rings is 1. The number of carbonyl (C=O) groups is 2. The number of amides is 2. The van der Waals surface area contributed by atoms with E-state index in [0.717, 1.165) is 78.0 Å². The first-order valence-corrected chi connectivity index (χ1v) is 20.0. The molecule has 3 aromatic carbocycles. The number of benzene rings is 3. The Labute approximate surface area is 323 Å². The molecule has 2 aliphatic heterocycles. The van der Waals surface area contributed by atoms with Crippen molar-refractivity contribution in [3.8, 4) is 33.5 Å². The molecule has 55 heavy (non-hydrogen) atoms. The van der Waals surface area contributed by atoms with Crippen LogP contribution in [0.1, 0.15) is 109 Å². The number of hydrogen-bond donors (Lipinski definition) is 2. The quantitative estimate of drug-likeness (QED) is 0.190. The number of nitrogens with zero attached hydrogens (tertiary/aromatic N) is 4. The Bertz CT molecular complexity index is 2310. The molecular formula is C45H52N6O4. The number of ether oxygens (including phenoxy) is 2. The molecule has 2 saturated heterocycles. The molecule has 1 unspecified atom stereocenters. The number of carbonyl (C=O) groups excluding carboxylic acids is 2. The van der Waals surface area contributed by atoms with Crippen LogP contribution < -0.4 is 0 Å². The average molecular weight is 741 g/mol. The fourth-order valence-corrected chi connectivity index (χ4v) is 9.53. The van der Waals surface area contributed by atoms with Gasteiger partial charge < -0.3 is 19.4 Å². The summed E-state index contributed by atoms with van der Waals surface area (Å²) in [5.74, 6) is 2.33. The summed E-state index contributed by atoms with van der Waals surface area (Å²) >= 11 is 0. The van der Waals surface area contributed by atoms with Crippen molar-refractivity contribution < 1.29 is 19.1 Å². The first-order chi connectivity index (χ1) is 26.2. The molecule has 1 saturated carbocycles. The first-order valence-electron chi connectivity index (χ1n) is 20.0. The second-order valence-corrected chi connectivity index (χ2v) is 18.2. The third-order valence-electron chi connectivity index (χ3n) is 12.0. The largest absolute Gasteiger partial charge is 0.444 e. The fraction of sp³-hybridized carbons (Fsp3) is 0.467. The lowest BCUT2D eigenvalue weighted by atomic mass is 9.83. The molecule has 10 heteroatoms. The molecule has 2 aliphatic carbocycles. The van der Waals surface area contributed by atoms with Gasteiger partial charge in [0.1, 0.15) is 22.9 Å². The second-order valence-electron chi connectivity index (χ2n) is 18.2. The second kappa shape index (κ2) is 13.0. The number of nitrogens with one attached hydrogen (secondary N) is 2. The van der Waals surface area contributed by atoms with E-state index in [2.05, 4.69) is 71.5 Å². The van der Waals surface area contributed by atoms with Gasteiger partial charge in [-0.3, -0.25) is 9.80 Å². The molecular weight excluding hydrogens is 689 g/mol. The number of aromatic amines is 2. The number of H-pyrrole nitrogens is 2. The van der Waals surface area contributed by atoms with Gasteiger partial charge in [0.05, 0.1) is 35.0 Å². The van der Waals surface area contributed by atoms with E-state index >= 15 is 0 Å². The van der Waals surface area contributed by atoms with Crippen LogP contribution in [-0.4, -0.2) is 65.7 Å². The zero-order chi connectivity index (χ0) is 38.4. The fourth-order valence-electron chi connectivity index (χ4n) is 9.53. The first kappa shape index (κ1) is 35.6. The maximum atomic E-state index is 13.3. The van der Waals surface area contributed by atoms with Gasteiger partial charge in [0, 0.05) is 12.6 Å². The topological polar surface area (TPSA) is 116 Å². The van der Waals surface area contributed by atoms with Crippen molar-refractivity contribution in [2.24, 2.45) is 11.8 Å². The number of imidazole rings is 2. The van der Waals surface area contributed by atoms with E-state index < -0.39 is 11.2 Å². The molecule has 4 aliphatic rings. The average Bonchev–Trinajstić information content (AvgIpc) is 3.97. The van der Waals surface area contributed by atoms with Gasteiger partial charge in [0.25, 0.3) is 0 Å². The number of fused-ring (bicyclic) bond motifs is 6. The van der Waals surface area contributed by atoms with E-state index in [1.165, 1.54) is 27.8 Å². The number of likely N-dealkylation sites (tertiary alicyclic amines) is 2. The highest BCUT2D eigenvalue weighted by Gasteiger charge is 2.51. The lowest BCUT2D eigenvalue weighted by Crippen LogP contribution is -2.43. The third-order valence-corrected chi connectivity index (χ3v) is 12.0. The minimum atomic E-state index is -0.547. The van der Waals surface area contributed by atoms with E-state index in [9.17, 15) is 9.59 Å². The maximum absolute atomic E-state index is 13.3. The Kier molecular flexibility index (Phi) is 8.40. The molecule has 4 heterocycles. The number of aromatic nitrogens is 4. The van der Waals surface area contributed by atoms with Crippen LogP contribution in [0.25, 0.3) is 44.5 Å². The molecule has 10 nitrogen and oxygen atoms in total. The summed E-state index contributed by atoms with van der Waals surface area (Å²) in [6, 6.07) is 19.9. The van der Waals surface area contributed by atoms with Crippen LogP contribution in [0.5, 0.6) is 0 Å². The lowest BCUT2D eigenvalue weighted by molar-refractivity contribution is 0.00616. The van der Waals surface area contributed by atoms with Gasteiger partial charge in [0.15, 0.2) is 0 Å². The summed E-state index contributed by atoms with van der Waals surface area (Å²) in [7, 11) is 0. The zero-order valence-electron chi connectivity index (χ0n) is 33.0. The van der Waals surface area contributed by atoms with Gasteiger partial charge in [0.2, 0.25) is 0 Å². The summed E-state index contributed by atoms with van der Waals surface area (Å²) in [5.41, 5.74) is 10.4. The monoisotopic (exact) mass is 740 g/mol. The molecule has 9 rings (SSSR count). The van der Waals surface area contributed by atoms with Crippen molar-refractivity contribution in [1.82, 2.24) is 29.7 Å². The predicted octanol–water partition coefficient (Wildman–Crippen LogP) is 10.2. The molecule has 2 bridgehead atoms. The Morgan fingerprint density at radius 3 is 2.13 bits per heavy atom. The van der Waals surface area contributed by atoms with Crippen LogP contribution in [0.2, 0.25) is 0 Å². The standard InChI is InChI=1S/C45H52N6O4/c1-25-18-19-50(42(52)54-44(2,3)4)38(25)40-46-24-37(49-40)30-12-16-34-29(21-30)9-8-28-20-26(11-15-33(28)34)27-13-17-35-36(23-27)48-41(47-35)39-31-10-14-32(22-31)51(39)43(53)55-45(5,6)7/h11-13,15-17,20-21,23-25,31-32,38-39H,8-10,14,18-19,22H2,1-7H3,(H,46,49)(H,47,48)/t25?,31-,32+,38-,39-/m0/s1. The summed E-state index contributed by atoms with van der Waals surface area (Å²) in [5, 5.41) is 0. The van der Waals surface area contributed by atoms with Gasteiger partial charge in [-0.25, -0.2) is 19.6 Å². The van der Waals surface area contributed by atoms with Gasteiger partial charge in [-0.1, -0.05) is 43.3 Å². The zero-order valence-corrected chi connectivity index (χ0v) is 33.0. The molecule has 2 amide bonds. The van der Waals surface area contributed by atoms with Crippen molar-refractivity contribution in [3.63, 3.8) is 0 Å².